The first-order chi connectivity index (χ1) is 5.68. The lowest BCUT2D eigenvalue weighted by Gasteiger charge is -2.15. The molecule has 0 radical (unpaired) electrons. The molecule has 0 saturated carbocycles. The van der Waals surface area contributed by atoms with Gasteiger partial charge >= 0.3 is 7.60 Å². The van der Waals surface area contributed by atoms with Crippen LogP contribution in [0.3, 0.4) is 0 Å². The minimum Gasteiger partial charge on any atom is -0.489 e. The highest BCUT2D eigenvalue weighted by molar-refractivity contribution is 7.53. The van der Waals surface area contributed by atoms with Crippen LogP contribution in [0, 0.1) is 0 Å². The number of rotatable bonds is 7. The maximum Gasteiger partial charge on any atom is 0.367 e. The van der Waals surface area contributed by atoms with Gasteiger partial charge in [0.1, 0.15) is 0 Å². The van der Waals surface area contributed by atoms with Crippen molar-refractivity contribution in [2.75, 3.05) is 19.6 Å². The summed E-state index contributed by atoms with van der Waals surface area (Å²) >= 11 is 0. The van der Waals surface area contributed by atoms with Gasteiger partial charge < -0.3 is 13.8 Å². The van der Waals surface area contributed by atoms with Crippen LogP contribution in [-0.4, -0.2) is 19.6 Å². The fourth-order valence-electron chi connectivity index (χ4n) is 0.649. The number of hydrogen-bond donors (Lipinski definition) is 0. The molecule has 0 aromatic rings. The Balaban J connectivity index is 3.98. The van der Waals surface area contributed by atoms with Crippen LogP contribution in [0.25, 0.3) is 0 Å². The summed E-state index contributed by atoms with van der Waals surface area (Å²) in [6, 6.07) is 0. The lowest BCUT2D eigenvalue weighted by Crippen LogP contribution is -2.00. The fraction of sp³-hybridized carbons (Fsp3) is 0.714. The third-order valence-corrected chi connectivity index (χ3v) is 2.77. The molecule has 0 aromatic carbocycles. The van der Waals surface area contributed by atoms with E-state index in [0.717, 1.165) is 0 Å². The number of hydrogen-bond acceptors (Lipinski definition) is 4. The predicted octanol–water partition coefficient (Wildman–Crippen LogP) is 2.37. The number of ether oxygens (including phenoxy) is 1. The second kappa shape index (κ2) is 6.23. The van der Waals surface area contributed by atoms with Crippen LogP contribution in [0.5, 0.6) is 0 Å². The molecule has 0 N–H and O–H groups in total. The first kappa shape index (κ1) is 11.7. The van der Waals surface area contributed by atoms with Crippen LogP contribution in [0.1, 0.15) is 13.8 Å². The third-order valence-electron chi connectivity index (χ3n) is 1.00. The van der Waals surface area contributed by atoms with E-state index in [-0.39, 0.29) is 6.35 Å². The molecule has 0 amide bonds. The van der Waals surface area contributed by atoms with Crippen molar-refractivity contribution in [3.05, 3.63) is 12.8 Å². The van der Waals surface area contributed by atoms with Crippen molar-refractivity contribution in [3.8, 4) is 0 Å². The summed E-state index contributed by atoms with van der Waals surface area (Å²) < 4.78 is 26.2. The monoisotopic (exact) mass is 194 g/mol. The highest BCUT2D eigenvalue weighted by atomic mass is 31.2. The molecule has 0 aliphatic heterocycles. The van der Waals surface area contributed by atoms with Gasteiger partial charge in [0.2, 0.25) is 0 Å². The van der Waals surface area contributed by atoms with Crippen molar-refractivity contribution in [2.45, 2.75) is 13.8 Å². The lowest BCUT2D eigenvalue weighted by atomic mass is 10.9. The molecular weight excluding hydrogens is 179 g/mol. The molecular formula is C7H15O4P. The van der Waals surface area contributed by atoms with Gasteiger partial charge in [0.25, 0.3) is 0 Å². The Hall–Kier alpha value is -0.310. The second-order valence-corrected chi connectivity index (χ2v) is 3.91. The SMILES string of the molecule is C=COCP(=O)(OCC)OCC. The van der Waals surface area contributed by atoms with Gasteiger partial charge in [-0.05, 0) is 13.8 Å². The van der Waals surface area contributed by atoms with Crippen LogP contribution >= 0.6 is 7.60 Å². The zero-order valence-corrected chi connectivity index (χ0v) is 8.38. The van der Waals surface area contributed by atoms with E-state index in [0.29, 0.717) is 13.2 Å². The van der Waals surface area contributed by atoms with Crippen molar-refractivity contribution in [2.24, 2.45) is 0 Å². The second-order valence-electron chi connectivity index (χ2n) is 1.91. The summed E-state index contributed by atoms with van der Waals surface area (Å²) in [7, 11) is -3.03. The molecule has 0 aromatic heterocycles. The van der Waals surface area contributed by atoms with Crippen molar-refractivity contribution in [3.63, 3.8) is 0 Å². The van der Waals surface area contributed by atoms with E-state index in [1.807, 2.05) is 0 Å². The van der Waals surface area contributed by atoms with Crippen molar-refractivity contribution < 1.29 is 18.3 Å². The Morgan fingerprint density at radius 2 is 1.83 bits per heavy atom. The maximum absolute atomic E-state index is 11.6. The zero-order valence-electron chi connectivity index (χ0n) is 7.49. The van der Waals surface area contributed by atoms with Gasteiger partial charge in [-0.2, -0.15) is 0 Å². The molecule has 4 nitrogen and oxygen atoms in total. The minimum absolute atomic E-state index is 0.0713. The molecule has 0 unspecified atom stereocenters. The van der Waals surface area contributed by atoms with Crippen LogP contribution in [-0.2, 0) is 18.3 Å². The Morgan fingerprint density at radius 1 is 1.33 bits per heavy atom. The molecule has 5 heteroatoms. The molecule has 0 aliphatic carbocycles. The average Bonchev–Trinajstić information content (AvgIpc) is 2.02. The fourth-order valence-corrected chi connectivity index (χ4v) is 1.95. The highest BCUT2D eigenvalue weighted by Gasteiger charge is 2.23. The Morgan fingerprint density at radius 3 is 2.17 bits per heavy atom. The molecule has 72 valence electrons. The summed E-state index contributed by atoms with van der Waals surface area (Å²) in [6.07, 6.45) is 1.14. The van der Waals surface area contributed by atoms with Crippen LogP contribution in [0.4, 0.5) is 0 Å². The highest BCUT2D eigenvalue weighted by Crippen LogP contribution is 2.47. The van der Waals surface area contributed by atoms with Crippen LogP contribution in [0.15, 0.2) is 12.8 Å². The third kappa shape index (κ3) is 4.54. The van der Waals surface area contributed by atoms with E-state index in [1.54, 1.807) is 13.8 Å². The van der Waals surface area contributed by atoms with E-state index in [9.17, 15) is 4.57 Å². The topological polar surface area (TPSA) is 44.8 Å². The van der Waals surface area contributed by atoms with Crippen molar-refractivity contribution in [1.82, 2.24) is 0 Å². The van der Waals surface area contributed by atoms with E-state index in [2.05, 4.69) is 6.58 Å². The van der Waals surface area contributed by atoms with Gasteiger partial charge in [0, 0.05) is 0 Å². The quantitative estimate of drug-likeness (QED) is 0.461. The Kier molecular flexibility index (Phi) is 6.07. The molecule has 0 spiro atoms. The molecule has 0 atom stereocenters. The van der Waals surface area contributed by atoms with E-state index in [4.69, 9.17) is 13.8 Å². The predicted molar refractivity (Wildman–Crippen MR) is 47.0 cm³/mol. The summed E-state index contributed by atoms with van der Waals surface area (Å²) in [5, 5.41) is 0. The first-order valence-electron chi connectivity index (χ1n) is 3.79. The van der Waals surface area contributed by atoms with Gasteiger partial charge in [-0.1, -0.05) is 6.58 Å². The Bertz CT molecular complexity index is 159. The summed E-state index contributed by atoms with van der Waals surface area (Å²) in [5.74, 6) is 0. The van der Waals surface area contributed by atoms with Gasteiger partial charge in [-0.25, -0.2) is 0 Å². The molecule has 0 heterocycles. The van der Waals surface area contributed by atoms with Gasteiger partial charge in [-0.3, -0.25) is 4.57 Å². The van der Waals surface area contributed by atoms with E-state index >= 15 is 0 Å². The lowest BCUT2D eigenvalue weighted by molar-refractivity contribution is 0.184. The maximum atomic E-state index is 11.6. The largest absolute Gasteiger partial charge is 0.489 e. The molecule has 0 fully saturated rings. The molecule has 12 heavy (non-hydrogen) atoms. The molecule has 0 aliphatic rings. The molecule has 0 rings (SSSR count). The zero-order chi connectivity index (χ0) is 9.45. The van der Waals surface area contributed by atoms with E-state index in [1.165, 1.54) is 6.26 Å². The van der Waals surface area contributed by atoms with Gasteiger partial charge in [0.05, 0.1) is 19.5 Å². The van der Waals surface area contributed by atoms with Gasteiger partial charge in [0.15, 0.2) is 6.35 Å². The average molecular weight is 194 g/mol. The molecule has 0 bridgehead atoms. The smallest absolute Gasteiger partial charge is 0.367 e. The first-order valence-corrected chi connectivity index (χ1v) is 5.52. The van der Waals surface area contributed by atoms with Crippen molar-refractivity contribution in [1.29, 1.82) is 0 Å². The van der Waals surface area contributed by atoms with E-state index < -0.39 is 7.60 Å². The summed E-state index contributed by atoms with van der Waals surface area (Å²) in [6.45, 7) is 7.52. The van der Waals surface area contributed by atoms with Crippen molar-refractivity contribution >= 4 is 7.60 Å². The van der Waals surface area contributed by atoms with Crippen LogP contribution in [0.2, 0.25) is 0 Å². The standard InChI is InChI=1S/C7H15O4P/c1-4-9-7-12(8,10-5-2)11-6-3/h4H,1,5-7H2,2-3H3. The molecule has 0 saturated heterocycles. The Labute approximate surface area is 73.0 Å². The summed E-state index contributed by atoms with van der Waals surface area (Å²) in [5.41, 5.74) is 0. The minimum atomic E-state index is -3.03. The summed E-state index contributed by atoms with van der Waals surface area (Å²) in [4.78, 5) is 0. The normalized spacial score (nSPS) is 11.2. The van der Waals surface area contributed by atoms with Crippen LogP contribution < -0.4 is 0 Å². The van der Waals surface area contributed by atoms with Gasteiger partial charge in [-0.15, -0.1) is 0 Å².